The average molecular weight is 301 g/mol. The number of benzene rings is 1. The van der Waals surface area contributed by atoms with Gasteiger partial charge in [0.1, 0.15) is 10.7 Å². The molecule has 2 unspecified atom stereocenters. The fraction of sp³-hybridized carbons (Fsp3) is 0.375. The minimum Gasteiger partial charge on any atom is -0.332 e. The molecule has 0 spiro atoms. The summed E-state index contributed by atoms with van der Waals surface area (Å²) in [5, 5.41) is 6.15. The van der Waals surface area contributed by atoms with Gasteiger partial charge in [-0.05, 0) is 13.8 Å². The number of amides is 1. The van der Waals surface area contributed by atoms with Crippen LogP contribution in [0, 0.1) is 0 Å². The van der Waals surface area contributed by atoms with E-state index in [-0.39, 0.29) is 11.9 Å². The number of hydrogen-bond acceptors (Lipinski definition) is 4. The molecule has 3 rings (SSSR count). The molecule has 1 amide bonds. The third-order valence-electron chi connectivity index (χ3n) is 4.04. The Kier molecular flexibility index (Phi) is 4.03. The minimum atomic E-state index is 0.0364. The zero-order chi connectivity index (χ0) is 14.8. The van der Waals surface area contributed by atoms with E-state index in [9.17, 15) is 4.79 Å². The lowest BCUT2D eigenvalue weighted by molar-refractivity contribution is 0.0598. The predicted molar refractivity (Wildman–Crippen MR) is 85.5 cm³/mol. The summed E-state index contributed by atoms with van der Waals surface area (Å²) >= 11 is 1.52. The van der Waals surface area contributed by atoms with E-state index in [2.05, 4.69) is 24.1 Å². The molecule has 2 aromatic rings. The number of rotatable bonds is 2. The van der Waals surface area contributed by atoms with Crippen molar-refractivity contribution in [1.29, 1.82) is 0 Å². The Balaban J connectivity index is 1.81. The van der Waals surface area contributed by atoms with Crippen LogP contribution < -0.4 is 5.32 Å². The fourth-order valence-electron chi connectivity index (χ4n) is 2.58. The maximum Gasteiger partial charge on any atom is 0.273 e. The smallest absolute Gasteiger partial charge is 0.273 e. The van der Waals surface area contributed by atoms with Gasteiger partial charge >= 0.3 is 0 Å². The normalized spacial score (nSPS) is 22.3. The highest BCUT2D eigenvalue weighted by molar-refractivity contribution is 7.13. The molecular weight excluding hydrogens is 282 g/mol. The Morgan fingerprint density at radius 3 is 2.86 bits per heavy atom. The van der Waals surface area contributed by atoms with Crippen molar-refractivity contribution in [3.8, 4) is 10.6 Å². The Hall–Kier alpha value is -1.72. The Morgan fingerprint density at radius 2 is 2.10 bits per heavy atom. The van der Waals surface area contributed by atoms with E-state index in [1.165, 1.54) is 11.3 Å². The second-order valence-electron chi connectivity index (χ2n) is 5.39. The predicted octanol–water partition coefficient (Wildman–Crippen LogP) is 2.63. The van der Waals surface area contributed by atoms with Crippen LogP contribution in [-0.2, 0) is 0 Å². The molecule has 1 aliphatic heterocycles. The maximum absolute atomic E-state index is 12.6. The van der Waals surface area contributed by atoms with Crippen LogP contribution in [0.25, 0.3) is 10.6 Å². The highest BCUT2D eigenvalue weighted by Gasteiger charge is 2.29. The van der Waals surface area contributed by atoms with Crippen LogP contribution in [0.15, 0.2) is 35.7 Å². The molecule has 0 saturated carbocycles. The van der Waals surface area contributed by atoms with Crippen molar-refractivity contribution < 1.29 is 4.79 Å². The number of nitrogens with one attached hydrogen (secondary N) is 1. The largest absolute Gasteiger partial charge is 0.332 e. The quantitative estimate of drug-likeness (QED) is 0.927. The van der Waals surface area contributed by atoms with Gasteiger partial charge in [0.05, 0.1) is 0 Å². The first kappa shape index (κ1) is 14.2. The van der Waals surface area contributed by atoms with E-state index >= 15 is 0 Å². The standard InChI is InChI=1S/C16H19N3OS/c1-11-12(2)19(9-8-17-11)16(20)14-10-21-15(18-14)13-6-4-3-5-7-13/h3-7,10-12,17H,8-9H2,1-2H3. The molecule has 4 nitrogen and oxygen atoms in total. The lowest BCUT2D eigenvalue weighted by Crippen LogP contribution is -2.57. The molecule has 110 valence electrons. The first-order chi connectivity index (χ1) is 10.2. The molecular formula is C16H19N3OS. The summed E-state index contributed by atoms with van der Waals surface area (Å²) < 4.78 is 0. The van der Waals surface area contributed by atoms with Crippen molar-refractivity contribution in [2.75, 3.05) is 13.1 Å². The minimum absolute atomic E-state index is 0.0364. The van der Waals surface area contributed by atoms with E-state index in [1.807, 2.05) is 40.6 Å². The number of hydrogen-bond donors (Lipinski definition) is 1. The third kappa shape index (κ3) is 2.84. The molecule has 2 atom stereocenters. The van der Waals surface area contributed by atoms with Crippen LogP contribution >= 0.6 is 11.3 Å². The van der Waals surface area contributed by atoms with Gasteiger partial charge in [-0.1, -0.05) is 30.3 Å². The van der Waals surface area contributed by atoms with Gasteiger partial charge in [-0.3, -0.25) is 4.79 Å². The van der Waals surface area contributed by atoms with Crippen LogP contribution in [0.5, 0.6) is 0 Å². The van der Waals surface area contributed by atoms with Crippen molar-refractivity contribution in [3.63, 3.8) is 0 Å². The highest BCUT2D eigenvalue weighted by atomic mass is 32.1. The summed E-state index contributed by atoms with van der Waals surface area (Å²) in [6, 6.07) is 10.5. The monoisotopic (exact) mass is 301 g/mol. The molecule has 21 heavy (non-hydrogen) atoms. The van der Waals surface area contributed by atoms with E-state index in [1.54, 1.807) is 0 Å². The van der Waals surface area contributed by atoms with Gasteiger partial charge in [0, 0.05) is 36.1 Å². The van der Waals surface area contributed by atoms with Gasteiger partial charge in [-0.25, -0.2) is 4.98 Å². The summed E-state index contributed by atoms with van der Waals surface area (Å²) in [6.45, 7) is 5.77. The molecule has 1 fully saturated rings. The van der Waals surface area contributed by atoms with Crippen LogP contribution in [0.4, 0.5) is 0 Å². The summed E-state index contributed by atoms with van der Waals surface area (Å²) in [7, 11) is 0. The number of carbonyl (C=O) groups excluding carboxylic acids is 1. The van der Waals surface area contributed by atoms with Gasteiger partial charge in [0.2, 0.25) is 0 Å². The average Bonchev–Trinajstić information content (AvgIpc) is 3.00. The fourth-order valence-corrected chi connectivity index (χ4v) is 3.38. The molecule has 1 N–H and O–H groups in total. The molecule has 1 aromatic carbocycles. The van der Waals surface area contributed by atoms with E-state index < -0.39 is 0 Å². The number of carbonyl (C=O) groups is 1. The van der Waals surface area contributed by atoms with Gasteiger partial charge in [-0.15, -0.1) is 11.3 Å². The summed E-state index contributed by atoms with van der Waals surface area (Å²) in [4.78, 5) is 19.1. The van der Waals surface area contributed by atoms with E-state index in [0.29, 0.717) is 11.7 Å². The zero-order valence-corrected chi connectivity index (χ0v) is 13.1. The molecule has 0 radical (unpaired) electrons. The van der Waals surface area contributed by atoms with Crippen LogP contribution in [0.3, 0.4) is 0 Å². The van der Waals surface area contributed by atoms with Gasteiger partial charge in [0.25, 0.3) is 5.91 Å². The lowest BCUT2D eigenvalue weighted by Gasteiger charge is -2.38. The van der Waals surface area contributed by atoms with E-state index in [4.69, 9.17) is 0 Å². The van der Waals surface area contributed by atoms with Crippen molar-refractivity contribution >= 4 is 17.2 Å². The second-order valence-corrected chi connectivity index (χ2v) is 6.24. The number of thiazole rings is 1. The number of nitrogens with zero attached hydrogens (tertiary/aromatic N) is 2. The molecule has 1 saturated heterocycles. The van der Waals surface area contributed by atoms with Crippen LogP contribution in [0.1, 0.15) is 24.3 Å². The number of aromatic nitrogens is 1. The number of piperazine rings is 1. The van der Waals surface area contributed by atoms with Gasteiger partial charge in [0.15, 0.2) is 0 Å². The maximum atomic E-state index is 12.6. The molecule has 1 aliphatic rings. The summed E-state index contributed by atoms with van der Waals surface area (Å²) in [6.07, 6.45) is 0. The molecule has 0 bridgehead atoms. The summed E-state index contributed by atoms with van der Waals surface area (Å²) in [5.74, 6) is 0.0364. The first-order valence-corrected chi connectivity index (χ1v) is 8.10. The molecule has 2 heterocycles. The Labute approximate surface area is 128 Å². The van der Waals surface area contributed by atoms with Crippen molar-refractivity contribution in [1.82, 2.24) is 15.2 Å². The zero-order valence-electron chi connectivity index (χ0n) is 12.2. The van der Waals surface area contributed by atoms with Gasteiger partial charge < -0.3 is 10.2 Å². The van der Waals surface area contributed by atoms with Crippen molar-refractivity contribution in [2.24, 2.45) is 0 Å². The first-order valence-electron chi connectivity index (χ1n) is 7.22. The highest BCUT2D eigenvalue weighted by Crippen LogP contribution is 2.24. The van der Waals surface area contributed by atoms with Crippen molar-refractivity contribution in [3.05, 3.63) is 41.4 Å². The molecule has 1 aromatic heterocycles. The SMILES string of the molecule is CC1NCCN(C(=O)c2csc(-c3ccccc3)n2)C1C. The van der Waals surface area contributed by atoms with Crippen LogP contribution in [0.2, 0.25) is 0 Å². The second kappa shape index (κ2) is 5.95. The van der Waals surface area contributed by atoms with Gasteiger partial charge in [-0.2, -0.15) is 0 Å². The molecule has 0 aliphatic carbocycles. The topological polar surface area (TPSA) is 45.2 Å². The van der Waals surface area contributed by atoms with E-state index in [0.717, 1.165) is 23.7 Å². The third-order valence-corrected chi connectivity index (χ3v) is 4.93. The Bertz CT molecular complexity index is 625. The summed E-state index contributed by atoms with van der Waals surface area (Å²) in [5.41, 5.74) is 1.61. The van der Waals surface area contributed by atoms with Crippen LogP contribution in [-0.4, -0.2) is 41.0 Å². The molecule has 5 heteroatoms. The Morgan fingerprint density at radius 1 is 1.33 bits per heavy atom. The van der Waals surface area contributed by atoms with Crippen molar-refractivity contribution in [2.45, 2.75) is 25.9 Å². The lowest BCUT2D eigenvalue weighted by atomic mass is 10.1.